The standard InChI is InChI=1S/C27H31N5OS/c33-26(30-13-5-6-14-30)12-11-21-19-32(24-9-3-1-7-22(21)24)20-29-15-17-31(18-16-29)27-23-8-2-4-10-25(23)34-28-27/h1-4,7-10,19H,5-6,11-18,20H2. The molecule has 4 aromatic rings. The highest BCUT2D eigenvalue weighted by molar-refractivity contribution is 7.13. The Bertz CT molecular complexity index is 1300. The van der Waals surface area contributed by atoms with E-state index in [9.17, 15) is 4.79 Å². The summed E-state index contributed by atoms with van der Waals surface area (Å²) in [6.45, 7) is 6.76. The van der Waals surface area contributed by atoms with Crippen molar-refractivity contribution < 1.29 is 4.79 Å². The third kappa shape index (κ3) is 4.18. The van der Waals surface area contributed by atoms with Crippen molar-refractivity contribution in [3.05, 3.63) is 60.3 Å². The van der Waals surface area contributed by atoms with Gasteiger partial charge in [-0.1, -0.05) is 30.3 Å². The average molecular weight is 474 g/mol. The van der Waals surface area contributed by atoms with Crippen LogP contribution in [0, 0.1) is 0 Å². The number of anilines is 1. The number of hydrogen-bond donors (Lipinski definition) is 0. The summed E-state index contributed by atoms with van der Waals surface area (Å²) in [6.07, 6.45) is 6.00. The van der Waals surface area contributed by atoms with Crippen LogP contribution < -0.4 is 4.90 Å². The van der Waals surface area contributed by atoms with E-state index in [4.69, 9.17) is 4.37 Å². The summed E-state index contributed by atoms with van der Waals surface area (Å²) in [7, 11) is 0. The predicted molar refractivity (Wildman–Crippen MR) is 139 cm³/mol. The molecule has 0 atom stereocenters. The number of carbonyl (C=O) groups excluding carboxylic acids is 1. The number of piperazine rings is 1. The van der Waals surface area contributed by atoms with Crippen LogP contribution in [0.4, 0.5) is 5.82 Å². The zero-order valence-electron chi connectivity index (χ0n) is 19.5. The van der Waals surface area contributed by atoms with Crippen LogP contribution in [0.5, 0.6) is 0 Å². The van der Waals surface area contributed by atoms with Gasteiger partial charge in [0.2, 0.25) is 5.91 Å². The van der Waals surface area contributed by atoms with E-state index in [1.165, 1.54) is 26.6 Å². The summed E-state index contributed by atoms with van der Waals surface area (Å²) in [5.74, 6) is 1.44. The lowest BCUT2D eigenvalue weighted by Crippen LogP contribution is -2.46. The lowest BCUT2D eigenvalue weighted by Gasteiger charge is -2.35. The first-order chi connectivity index (χ1) is 16.8. The lowest BCUT2D eigenvalue weighted by atomic mass is 10.1. The lowest BCUT2D eigenvalue weighted by molar-refractivity contribution is -0.130. The van der Waals surface area contributed by atoms with Crippen LogP contribution in [0.1, 0.15) is 24.8 Å². The summed E-state index contributed by atoms with van der Waals surface area (Å²) < 4.78 is 8.38. The van der Waals surface area contributed by atoms with Gasteiger partial charge in [0, 0.05) is 68.2 Å². The highest BCUT2D eigenvalue weighted by Crippen LogP contribution is 2.30. The van der Waals surface area contributed by atoms with Crippen LogP contribution in [-0.2, 0) is 17.9 Å². The molecule has 2 aliphatic rings. The molecule has 1 amide bonds. The number of aryl methyl sites for hydroxylation is 1. The number of nitrogens with zero attached hydrogens (tertiary/aromatic N) is 5. The van der Waals surface area contributed by atoms with Crippen molar-refractivity contribution in [2.75, 3.05) is 44.2 Å². The number of hydrogen-bond acceptors (Lipinski definition) is 5. The number of carbonyl (C=O) groups is 1. The van der Waals surface area contributed by atoms with Gasteiger partial charge in [-0.25, -0.2) is 0 Å². The average Bonchev–Trinajstić information content (AvgIpc) is 3.63. The van der Waals surface area contributed by atoms with Crippen LogP contribution in [-0.4, -0.2) is 63.9 Å². The first-order valence-electron chi connectivity index (χ1n) is 12.4. The number of benzene rings is 2. The molecule has 2 aromatic carbocycles. The maximum atomic E-state index is 12.6. The molecule has 0 aliphatic carbocycles. The number of likely N-dealkylation sites (tertiary alicyclic amines) is 1. The number of fused-ring (bicyclic) bond motifs is 2. The van der Waals surface area contributed by atoms with Crippen LogP contribution in [0.25, 0.3) is 21.0 Å². The summed E-state index contributed by atoms with van der Waals surface area (Å²) in [5.41, 5.74) is 2.55. The molecule has 176 valence electrons. The third-order valence-corrected chi connectivity index (χ3v) is 8.14. The Morgan fingerprint density at radius 2 is 1.62 bits per heavy atom. The molecule has 34 heavy (non-hydrogen) atoms. The maximum Gasteiger partial charge on any atom is 0.222 e. The second-order valence-corrected chi connectivity index (χ2v) is 10.3. The molecule has 7 heteroatoms. The van der Waals surface area contributed by atoms with E-state index < -0.39 is 0 Å². The second kappa shape index (κ2) is 9.39. The molecule has 0 radical (unpaired) electrons. The van der Waals surface area contributed by atoms with Crippen molar-refractivity contribution in [3.63, 3.8) is 0 Å². The highest BCUT2D eigenvalue weighted by Gasteiger charge is 2.22. The molecule has 0 N–H and O–H groups in total. The van der Waals surface area contributed by atoms with Crippen LogP contribution in [0.15, 0.2) is 54.7 Å². The van der Waals surface area contributed by atoms with Crippen molar-refractivity contribution in [1.29, 1.82) is 0 Å². The first kappa shape index (κ1) is 21.6. The van der Waals surface area contributed by atoms with Gasteiger partial charge >= 0.3 is 0 Å². The van der Waals surface area contributed by atoms with Crippen molar-refractivity contribution >= 4 is 44.2 Å². The number of aromatic nitrogens is 2. The van der Waals surface area contributed by atoms with Gasteiger partial charge in [0.1, 0.15) is 5.82 Å². The van der Waals surface area contributed by atoms with Gasteiger partial charge in [-0.3, -0.25) is 9.69 Å². The zero-order valence-corrected chi connectivity index (χ0v) is 20.3. The normalized spacial score (nSPS) is 17.3. The van der Waals surface area contributed by atoms with Gasteiger partial charge in [0.05, 0.1) is 11.4 Å². The largest absolute Gasteiger partial charge is 0.353 e. The number of amides is 1. The Labute approximate surface area is 204 Å². The molecule has 0 bridgehead atoms. The molecule has 2 fully saturated rings. The topological polar surface area (TPSA) is 44.6 Å². The fraction of sp³-hybridized carbons (Fsp3) is 0.407. The van der Waals surface area contributed by atoms with E-state index >= 15 is 0 Å². The van der Waals surface area contributed by atoms with Crippen molar-refractivity contribution in [2.24, 2.45) is 0 Å². The van der Waals surface area contributed by atoms with Crippen LogP contribution in [0.2, 0.25) is 0 Å². The Hall–Kier alpha value is -2.90. The molecular weight excluding hydrogens is 442 g/mol. The van der Waals surface area contributed by atoms with Gasteiger partial charge in [-0.15, -0.1) is 0 Å². The summed E-state index contributed by atoms with van der Waals surface area (Å²) in [4.78, 5) is 19.6. The van der Waals surface area contributed by atoms with Crippen molar-refractivity contribution in [3.8, 4) is 0 Å². The predicted octanol–water partition coefficient (Wildman–Crippen LogP) is 4.59. The third-order valence-electron chi connectivity index (χ3n) is 7.32. The SMILES string of the molecule is O=C(CCc1cn(CN2CCN(c3nsc4ccccc34)CC2)c2ccccc12)N1CCCC1. The van der Waals surface area contributed by atoms with Crippen molar-refractivity contribution in [1.82, 2.24) is 18.7 Å². The Morgan fingerprint density at radius 1 is 0.882 bits per heavy atom. The Morgan fingerprint density at radius 3 is 2.44 bits per heavy atom. The molecule has 4 heterocycles. The monoisotopic (exact) mass is 473 g/mol. The Kier molecular flexibility index (Phi) is 5.97. The van der Waals surface area contributed by atoms with E-state index in [1.807, 2.05) is 4.90 Å². The van der Waals surface area contributed by atoms with E-state index in [0.717, 1.165) is 71.0 Å². The van der Waals surface area contributed by atoms with Crippen molar-refractivity contribution in [2.45, 2.75) is 32.4 Å². The minimum atomic E-state index is 0.306. The molecule has 0 saturated carbocycles. The Balaban J connectivity index is 1.13. The van der Waals surface area contributed by atoms with Gasteiger partial charge in [-0.05, 0) is 54.6 Å². The molecule has 6 nitrogen and oxygen atoms in total. The number of para-hydroxylation sites is 1. The molecule has 0 spiro atoms. The molecular formula is C27H31N5OS. The minimum Gasteiger partial charge on any atom is -0.353 e. The fourth-order valence-electron chi connectivity index (χ4n) is 5.42. The van der Waals surface area contributed by atoms with E-state index in [2.05, 4.69) is 69.1 Å². The molecule has 2 saturated heterocycles. The van der Waals surface area contributed by atoms with Gasteiger partial charge < -0.3 is 14.4 Å². The maximum absolute atomic E-state index is 12.6. The van der Waals surface area contributed by atoms with E-state index in [0.29, 0.717) is 12.3 Å². The van der Waals surface area contributed by atoms with Crippen LogP contribution >= 0.6 is 11.5 Å². The second-order valence-electron chi connectivity index (χ2n) is 9.48. The molecule has 2 aliphatic heterocycles. The van der Waals surface area contributed by atoms with E-state index in [-0.39, 0.29) is 0 Å². The van der Waals surface area contributed by atoms with E-state index in [1.54, 1.807) is 11.5 Å². The molecule has 6 rings (SSSR count). The smallest absolute Gasteiger partial charge is 0.222 e. The zero-order chi connectivity index (χ0) is 22.9. The van der Waals surface area contributed by atoms with Crippen LogP contribution in [0.3, 0.4) is 0 Å². The fourth-order valence-corrected chi connectivity index (χ4v) is 6.22. The minimum absolute atomic E-state index is 0.306. The number of rotatable bonds is 6. The molecule has 0 unspecified atom stereocenters. The van der Waals surface area contributed by atoms with Gasteiger partial charge in [0.25, 0.3) is 0 Å². The summed E-state index contributed by atoms with van der Waals surface area (Å²) in [5, 5.41) is 2.55. The van der Waals surface area contributed by atoms with Gasteiger partial charge in [-0.2, -0.15) is 4.37 Å². The summed E-state index contributed by atoms with van der Waals surface area (Å²) in [6, 6.07) is 17.1. The molecule has 2 aromatic heterocycles. The highest BCUT2D eigenvalue weighted by atomic mass is 32.1. The quantitative estimate of drug-likeness (QED) is 0.411. The van der Waals surface area contributed by atoms with Gasteiger partial charge in [0.15, 0.2) is 0 Å². The summed E-state index contributed by atoms with van der Waals surface area (Å²) >= 11 is 1.59. The first-order valence-corrected chi connectivity index (χ1v) is 13.2.